The van der Waals surface area contributed by atoms with Crippen molar-refractivity contribution in [2.75, 3.05) is 33.3 Å². The van der Waals surface area contributed by atoms with Crippen LogP contribution in [0.25, 0.3) is 0 Å². The summed E-state index contributed by atoms with van der Waals surface area (Å²) in [6.07, 6.45) is 4.15. The number of likely N-dealkylation sites (tertiary alicyclic amines) is 1. The monoisotopic (exact) mass is 420 g/mol. The number of hydrogen-bond acceptors (Lipinski definition) is 5. The first-order chi connectivity index (χ1) is 15.1. The third kappa shape index (κ3) is 3.81. The number of ether oxygens (including phenoxy) is 2. The highest BCUT2D eigenvalue weighted by Gasteiger charge is 2.37. The quantitative estimate of drug-likeness (QED) is 0.694. The molecule has 0 aliphatic carbocycles. The Hall–Kier alpha value is -2.86. The van der Waals surface area contributed by atoms with Gasteiger partial charge in [0.05, 0.1) is 18.2 Å². The van der Waals surface area contributed by atoms with E-state index in [0.717, 1.165) is 56.8 Å². The van der Waals surface area contributed by atoms with Gasteiger partial charge in [0.15, 0.2) is 11.5 Å². The molecule has 0 N–H and O–H groups in total. The minimum absolute atomic E-state index is 0.147. The summed E-state index contributed by atoms with van der Waals surface area (Å²) in [5.41, 5.74) is 2.29. The minimum atomic E-state index is -0.147. The second-order valence-electron chi connectivity index (χ2n) is 8.74. The van der Waals surface area contributed by atoms with Crippen molar-refractivity contribution in [3.63, 3.8) is 0 Å². The summed E-state index contributed by atoms with van der Waals surface area (Å²) < 4.78 is 11.8. The van der Waals surface area contributed by atoms with Crippen LogP contribution < -0.4 is 9.47 Å². The van der Waals surface area contributed by atoms with Gasteiger partial charge in [0, 0.05) is 13.1 Å². The molecule has 6 heteroatoms. The molecule has 1 fully saturated rings. The van der Waals surface area contributed by atoms with E-state index in [4.69, 9.17) is 9.47 Å². The smallest absolute Gasteiger partial charge is 0.261 e. The van der Waals surface area contributed by atoms with Crippen LogP contribution >= 0.6 is 0 Å². The summed E-state index contributed by atoms with van der Waals surface area (Å²) in [5, 5.41) is 0. The van der Waals surface area contributed by atoms with Gasteiger partial charge in [0.25, 0.3) is 11.8 Å². The van der Waals surface area contributed by atoms with Gasteiger partial charge in [-0.05, 0) is 68.5 Å². The summed E-state index contributed by atoms with van der Waals surface area (Å²) in [7, 11) is 1.68. The maximum atomic E-state index is 12.6. The molecule has 2 amide bonds. The molecule has 0 saturated carbocycles. The Morgan fingerprint density at radius 3 is 2.32 bits per heavy atom. The van der Waals surface area contributed by atoms with E-state index in [-0.39, 0.29) is 17.9 Å². The lowest BCUT2D eigenvalue weighted by Crippen LogP contribution is -2.44. The first-order valence-corrected chi connectivity index (χ1v) is 11.1. The number of amides is 2. The number of methoxy groups -OCH3 is 1. The lowest BCUT2D eigenvalue weighted by Gasteiger charge is -2.36. The van der Waals surface area contributed by atoms with Crippen LogP contribution in [0.2, 0.25) is 0 Å². The molecule has 6 nitrogen and oxygen atoms in total. The fourth-order valence-electron chi connectivity index (χ4n) is 5.03. The molecule has 1 saturated heterocycles. The van der Waals surface area contributed by atoms with Crippen molar-refractivity contribution < 1.29 is 19.1 Å². The second kappa shape index (κ2) is 8.35. The van der Waals surface area contributed by atoms with E-state index in [2.05, 4.69) is 11.0 Å². The van der Waals surface area contributed by atoms with Crippen LogP contribution in [0.4, 0.5) is 0 Å². The first-order valence-electron chi connectivity index (χ1n) is 11.1. The van der Waals surface area contributed by atoms with Gasteiger partial charge in [-0.2, -0.15) is 0 Å². The number of aryl methyl sites for hydroxylation is 1. The van der Waals surface area contributed by atoms with Crippen LogP contribution in [0.3, 0.4) is 0 Å². The van der Waals surface area contributed by atoms with Crippen LogP contribution in [-0.4, -0.2) is 61.0 Å². The van der Waals surface area contributed by atoms with E-state index in [1.165, 1.54) is 10.5 Å². The van der Waals surface area contributed by atoms with Gasteiger partial charge in [0.1, 0.15) is 6.10 Å². The lowest BCUT2D eigenvalue weighted by atomic mass is 9.95. The molecule has 162 valence electrons. The molecule has 5 rings (SSSR count). The summed E-state index contributed by atoms with van der Waals surface area (Å²) in [5.74, 6) is 1.76. The number of para-hydroxylation sites is 1. The van der Waals surface area contributed by atoms with E-state index >= 15 is 0 Å². The van der Waals surface area contributed by atoms with Gasteiger partial charge in [-0.15, -0.1) is 0 Å². The first kappa shape index (κ1) is 20.1. The third-order valence-electron chi connectivity index (χ3n) is 6.79. The van der Waals surface area contributed by atoms with Gasteiger partial charge in [0.2, 0.25) is 0 Å². The number of nitrogens with zero attached hydrogens (tertiary/aromatic N) is 2. The Balaban J connectivity index is 1.14. The standard InChI is InChI=1S/C25H28N2O4/c1-30-22-8-4-5-18-9-10-19(31-23(18)22)16-26-13-11-17(12-14-26)15-27-24(28)20-6-2-3-7-21(20)25(27)29/h2-8,17,19H,9-16H2,1H3. The average Bonchev–Trinajstić information content (AvgIpc) is 3.05. The molecule has 0 aromatic heterocycles. The van der Waals surface area contributed by atoms with Crippen molar-refractivity contribution in [1.82, 2.24) is 9.80 Å². The van der Waals surface area contributed by atoms with Crippen molar-refractivity contribution in [1.29, 1.82) is 0 Å². The zero-order chi connectivity index (χ0) is 21.4. The van der Waals surface area contributed by atoms with Crippen molar-refractivity contribution in [2.24, 2.45) is 5.92 Å². The fraction of sp³-hybridized carbons (Fsp3) is 0.440. The van der Waals surface area contributed by atoms with E-state index in [1.54, 1.807) is 19.2 Å². The van der Waals surface area contributed by atoms with Crippen LogP contribution in [0, 0.1) is 5.92 Å². The Labute approximate surface area is 182 Å². The van der Waals surface area contributed by atoms with Crippen LogP contribution in [0.1, 0.15) is 45.5 Å². The van der Waals surface area contributed by atoms with Crippen molar-refractivity contribution >= 4 is 11.8 Å². The topological polar surface area (TPSA) is 59.1 Å². The fourth-order valence-corrected chi connectivity index (χ4v) is 5.03. The largest absolute Gasteiger partial charge is 0.493 e. The number of fused-ring (bicyclic) bond motifs is 2. The molecule has 0 bridgehead atoms. The van der Waals surface area contributed by atoms with Crippen molar-refractivity contribution in [3.05, 3.63) is 59.2 Å². The molecule has 3 aliphatic heterocycles. The number of piperidine rings is 1. The van der Waals surface area contributed by atoms with E-state index < -0.39 is 0 Å². The van der Waals surface area contributed by atoms with Crippen molar-refractivity contribution in [3.8, 4) is 11.5 Å². The second-order valence-corrected chi connectivity index (χ2v) is 8.74. The number of benzene rings is 2. The van der Waals surface area contributed by atoms with Gasteiger partial charge in [-0.3, -0.25) is 19.4 Å². The molecule has 0 radical (unpaired) electrons. The number of imide groups is 1. The molecular formula is C25H28N2O4. The summed E-state index contributed by atoms with van der Waals surface area (Å²) in [4.78, 5) is 29.1. The molecule has 1 unspecified atom stereocenters. The minimum Gasteiger partial charge on any atom is -0.493 e. The van der Waals surface area contributed by atoms with E-state index in [9.17, 15) is 9.59 Å². The Kier molecular flexibility index (Phi) is 5.40. The zero-order valence-electron chi connectivity index (χ0n) is 17.9. The number of carbonyl (C=O) groups excluding carboxylic acids is 2. The summed E-state index contributed by atoms with van der Waals surface area (Å²) in [6, 6.07) is 13.2. The Bertz CT molecular complexity index is 948. The molecule has 2 aromatic rings. The maximum absolute atomic E-state index is 12.6. The third-order valence-corrected chi connectivity index (χ3v) is 6.79. The molecule has 3 aliphatic rings. The molecule has 3 heterocycles. The molecule has 1 atom stereocenters. The van der Waals surface area contributed by atoms with Crippen molar-refractivity contribution in [2.45, 2.75) is 31.8 Å². The predicted molar refractivity (Wildman–Crippen MR) is 117 cm³/mol. The maximum Gasteiger partial charge on any atom is 0.261 e. The number of rotatable bonds is 5. The predicted octanol–water partition coefficient (Wildman–Crippen LogP) is 3.40. The summed E-state index contributed by atoms with van der Waals surface area (Å²) in [6.45, 7) is 3.35. The highest BCUT2D eigenvalue weighted by molar-refractivity contribution is 6.21. The van der Waals surface area contributed by atoms with Crippen LogP contribution in [0.15, 0.2) is 42.5 Å². The number of hydrogen-bond donors (Lipinski definition) is 0. The van der Waals surface area contributed by atoms with Crippen LogP contribution in [0.5, 0.6) is 11.5 Å². The van der Waals surface area contributed by atoms with Gasteiger partial charge in [-0.1, -0.05) is 24.3 Å². The molecule has 0 spiro atoms. The van der Waals surface area contributed by atoms with Gasteiger partial charge < -0.3 is 9.47 Å². The SMILES string of the molecule is COc1cccc2c1OC(CN1CCC(CN3C(=O)c4ccccc4C3=O)CC1)CC2. The van der Waals surface area contributed by atoms with Crippen LogP contribution in [-0.2, 0) is 6.42 Å². The lowest BCUT2D eigenvalue weighted by molar-refractivity contribution is 0.0567. The molecular weight excluding hydrogens is 392 g/mol. The van der Waals surface area contributed by atoms with E-state index in [0.29, 0.717) is 23.6 Å². The molecule has 31 heavy (non-hydrogen) atoms. The number of carbonyl (C=O) groups is 2. The molecule has 2 aromatic carbocycles. The van der Waals surface area contributed by atoms with Gasteiger partial charge in [-0.25, -0.2) is 0 Å². The zero-order valence-corrected chi connectivity index (χ0v) is 17.9. The average molecular weight is 421 g/mol. The Morgan fingerprint density at radius 2 is 1.65 bits per heavy atom. The van der Waals surface area contributed by atoms with E-state index in [1.807, 2.05) is 24.3 Å². The highest BCUT2D eigenvalue weighted by atomic mass is 16.5. The Morgan fingerprint density at radius 1 is 0.935 bits per heavy atom. The summed E-state index contributed by atoms with van der Waals surface area (Å²) >= 11 is 0. The highest BCUT2D eigenvalue weighted by Crippen LogP contribution is 2.37. The normalized spacial score (nSPS) is 21.6. The van der Waals surface area contributed by atoms with Gasteiger partial charge >= 0.3 is 0 Å².